The lowest BCUT2D eigenvalue weighted by Crippen LogP contribution is -2.35. The van der Waals surface area contributed by atoms with Gasteiger partial charge in [-0.15, -0.1) is 0 Å². The Balaban J connectivity index is 1.78. The van der Waals surface area contributed by atoms with Crippen molar-refractivity contribution in [2.75, 3.05) is 16.8 Å². The van der Waals surface area contributed by atoms with Crippen LogP contribution in [0.4, 0.5) is 17.1 Å². The number of fused-ring (bicyclic) bond motifs is 1. The van der Waals surface area contributed by atoms with Crippen LogP contribution >= 0.6 is 0 Å². The molecule has 0 saturated carbocycles. The molecule has 27 heavy (non-hydrogen) atoms. The molecule has 0 N–H and O–H groups in total. The molecule has 0 radical (unpaired) electrons. The molecule has 0 bridgehead atoms. The number of hydrogen-bond acceptors (Lipinski definition) is 4. The third-order valence-electron chi connectivity index (χ3n) is 5.18. The zero-order valence-corrected chi connectivity index (χ0v) is 15.2. The SMILES string of the molecule is C[C@H]1N(C)c2cc(C#N)c(C#N)cc2N1c1ccc(-c2ccccc2)cc1. The van der Waals surface area contributed by atoms with E-state index in [9.17, 15) is 10.5 Å². The quantitative estimate of drug-likeness (QED) is 0.650. The highest BCUT2D eigenvalue weighted by molar-refractivity contribution is 5.86. The molecule has 0 aliphatic carbocycles. The largest absolute Gasteiger partial charge is 0.352 e. The van der Waals surface area contributed by atoms with Gasteiger partial charge in [0.1, 0.15) is 18.3 Å². The van der Waals surface area contributed by atoms with E-state index in [0.717, 1.165) is 22.6 Å². The van der Waals surface area contributed by atoms with Crippen molar-refractivity contribution in [1.29, 1.82) is 10.5 Å². The first-order valence-corrected chi connectivity index (χ1v) is 8.80. The Morgan fingerprint density at radius 3 is 1.93 bits per heavy atom. The molecule has 4 heteroatoms. The lowest BCUT2D eigenvalue weighted by atomic mass is 10.0. The zero-order chi connectivity index (χ0) is 19.0. The van der Waals surface area contributed by atoms with Gasteiger partial charge in [-0.3, -0.25) is 0 Å². The second-order valence-electron chi connectivity index (χ2n) is 6.64. The Bertz CT molecular complexity index is 1070. The summed E-state index contributed by atoms with van der Waals surface area (Å²) in [5.74, 6) is 0. The summed E-state index contributed by atoms with van der Waals surface area (Å²) in [6, 6.07) is 26.6. The van der Waals surface area contributed by atoms with Crippen molar-refractivity contribution in [2.45, 2.75) is 13.1 Å². The van der Waals surface area contributed by atoms with Gasteiger partial charge in [0.05, 0.1) is 22.5 Å². The van der Waals surface area contributed by atoms with Gasteiger partial charge in [0.15, 0.2) is 0 Å². The van der Waals surface area contributed by atoms with Gasteiger partial charge < -0.3 is 9.80 Å². The smallest absolute Gasteiger partial charge is 0.103 e. The van der Waals surface area contributed by atoms with Crippen molar-refractivity contribution in [3.8, 4) is 23.3 Å². The number of nitrogens with zero attached hydrogens (tertiary/aromatic N) is 4. The van der Waals surface area contributed by atoms with Gasteiger partial charge in [-0.25, -0.2) is 0 Å². The molecule has 1 aliphatic rings. The first kappa shape index (κ1) is 16.7. The topological polar surface area (TPSA) is 54.1 Å². The molecule has 0 spiro atoms. The average molecular weight is 350 g/mol. The van der Waals surface area contributed by atoms with Crippen molar-refractivity contribution in [1.82, 2.24) is 0 Å². The van der Waals surface area contributed by atoms with E-state index in [-0.39, 0.29) is 6.17 Å². The fourth-order valence-electron chi connectivity index (χ4n) is 3.61. The summed E-state index contributed by atoms with van der Waals surface area (Å²) < 4.78 is 0. The standard InChI is InChI=1S/C23H18N4/c1-16-26(2)22-12-19(14-24)20(15-25)13-23(22)27(16)21-10-8-18(9-11-21)17-6-4-3-5-7-17/h3-13,16H,1-2H3/t16-/m0/s1. The van der Waals surface area contributed by atoms with Gasteiger partial charge in [-0.1, -0.05) is 42.5 Å². The maximum Gasteiger partial charge on any atom is 0.103 e. The van der Waals surface area contributed by atoms with E-state index in [2.05, 4.69) is 65.3 Å². The van der Waals surface area contributed by atoms with Crippen molar-refractivity contribution in [3.05, 3.63) is 77.9 Å². The highest BCUT2D eigenvalue weighted by Crippen LogP contribution is 2.44. The Labute approximate surface area is 159 Å². The molecular weight excluding hydrogens is 332 g/mol. The van der Waals surface area contributed by atoms with Gasteiger partial charge in [-0.05, 0) is 42.3 Å². The van der Waals surface area contributed by atoms with Crippen LogP contribution in [0.5, 0.6) is 0 Å². The van der Waals surface area contributed by atoms with Crippen LogP contribution < -0.4 is 9.80 Å². The highest BCUT2D eigenvalue weighted by Gasteiger charge is 2.32. The summed E-state index contributed by atoms with van der Waals surface area (Å²) in [4.78, 5) is 4.33. The van der Waals surface area contributed by atoms with Crippen LogP contribution in [0.15, 0.2) is 66.7 Å². The maximum absolute atomic E-state index is 9.40. The first-order chi connectivity index (χ1) is 13.1. The Hall–Kier alpha value is -3.76. The summed E-state index contributed by atoms with van der Waals surface area (Å²) in [6.07, 6.45) is 0.0862. The minimum atomic E-state index is 0.0862. The Kier molecular flexibility index (Phi) is 4.03. The fourth-order valence-corrected chi connectivity index (χ4v) is 3.61. The molecule has 4 rings (SSSR count). The summed E-state index contributed by atoms with van der Waals surface area (Å²) in [5.41, 5.74) is 6.14. The third-order valence-corrected chi connectivity index (χ3v) is 5.18. The van der Waals surface area contributed by atoms with Crippen LogP contribution in [0.2, 0.25) is 0 Å². The predicted molar refractivity (Wildman–Crippen MR) is 108 cm³/mol. The number of hydrogen-bond donors (Lipinski definition) is 0. The highest BCUT2D eigenvalue weighted by atomic mass is 15.4. The molecule has 3 aromatic rings. The molecule has 0 aromatic heterocycles. The van der Waals surface area contributed by atoms with Crippen molar-refractivity contribution >= 4 is 17.1 Å². The van der Waals surface area contributed by atoms with E-state index in [1.807, 2.05) is 37.4 Å². The summed E-state index contributed by atoms with van der Waals surface area (Å²) in [5, 5.41) is 18.7. The second kappa shape index (κ2) is 6.52. The van der Waals surface area contributed by atoms with Crippen molar-refractivity contribution in [2.24, 2.45) is 0 Å². The molecule has 4 nitrogen and oxygen atoms in total. The van der Waals surface area contributed by atoms with E-state index in [1.165, 1.54) is 5.56 Å². The molecule has 0 amide bonds. The first-order valence-electron chi connectivity index (χ1n) is 8.80. The molecule has 0 saturated heterocycles. The van der Waals surface area contributed by atoms with Gasteiger partial charge in [0.2, 0.25) is 0 Å². The molecular formula is C23H18N4. The van der Waals surface area contributed by atoms with Crippen LogP contribution in [0, 0.1) is 22.7 Å². The third kappa shape index (κ3) is 2.69. The van der Waals surface area contributed by atoms with Crippen molar-refractivity contribution < 1.29 is 0 Å². The molecule has 1 aliphatic heterocycles. The van der Waals surface area contributed by atoms with Crippen LogP contribution in [-0.2, 0) is 0 Å². The molecule has 3 aromatic carbocycles. The van der Waals surface area contributed by atoms with E-state index in [4.69, 9.17) is 0 Å². The van der Waals surface area contributed by atoms with Gasteiger partial charge in [0.25, 0.3) is 0 Å². The molecule has 0 fully saturated rings. The van der Waals surface area contributed by atoms with Crippen LogP contribution in [0.3, 0.4) is 0 Å². The second-order valence-corrected chi connectivity index (χ2v) is 6.64. The Morgan fingerprint density at radius 1 is 0.778 bits per heavy atom. The van der Waals surface area contributed by atoms with E-state index >= 15 is 0 Å². The minimum absolute atomic E-state index is 0.0862. The molecule has 1 heterocycles. The van der Waals surface area contributed by atoms with E-state index in [0.29, 0.717) is 11.1 Å². The lowest BCUT2D eigenvalue weighted by molar-refractivity contribution is 0.734. The predicted octanol–water partition coefficient (Wildman–Crippen LogP) is 5.03. The monoisotopic (exact) mass is 350 g/mol. The van der Waals surface area contributed by atoms with Gasteiger partial charge >= 0.3 is 0 Å². The summed E-state index contributed by atoms with van der Waals surface area (Å²) >= 11 is 0. The summed E-state index contributed by atoms with van der Waals surface area (Å²) in [7, 11) is 2.01. The van der Waals surface area contributed by atoms with Crippen molar-refractivity contribution in [3.63, 3.8) is 0 Å². The molecule has 130 valence electrons. The van der Waals surface area contributed by atoms with Crippen LogP contribution in [0.1, 0.15) is 18.1 Å². The number of anilines is 3. The summed E-state index contributed by atoms with van der Waals surface area (Å²) in [6.45, 7) is 2.11. The average Bonchev–Trinajstić information content (AvgIpc) is 2.97. The lowest BCUT2D eigenvalue weighted by Gasteiger charge is -2.27. The Morgan fingerprint density at radius 2 is 1.33 bits per heavy atom. The van der Waals surface area contributed by atoms with Gasteiger partial charge in [-0.2, -0.15) is 10.5 Å². The minimum Gasteiger partial charge on any atom is -0.352 e. The fraction of sp³-hybridized carbons (Fsp3) is 0.130. The maximum atomic E-state index is 9.40. The number of rotatable bonds is 2. The molecule has 0 unspecified atom stereocenters. The van der Waals surface area contributed by atoms with Crippen LogP contribution in [0.25, 0.3) is 11.1 Å². The normalized spacial score (nSPS) is 15.2. The number of nitriles is 2. The van der Waals surface area contributed by atoms with Gasteiger partial charge in [0, 0.05) is 12.7 Å². The van der Waals surface area contributed by atoms with Crippen LogP contribution in [-0.4, -0.2) is 13.2 Å². The number of benzene rings is 3. The van der Waals surface area contributed by atoms with E-state index < -0.39 is 0 Å². The molecule has 1 atom stereocenters. The van der Waals surface area contributed by atoms with E-state index in [1.54, 1.807) is 0 Å². The zero-order valence-electron chi connectivity index (χ0n) is 15.2.